The van der Waals surface area contributed by atoms with Gasteiger partial charge in [-0.15, -0.1) is 0 Å². The summed E-state index contributed by atoms with van der Waals surface area (Å²) in [6.45, 7) is 8.12. The first kappa shape index (κ1) is 20.8. The van der Waals surface area contributed by atoms with Crippen LogP contribution in [0.25, 0.3) is 17.0 Å². The average Bonchev–Trinajstić information content (AvgIpc) is 3.19. The first-order valence-corrected chi connectivity index (χ1v) is 11.3. The molecule has 4 nitrogen and oxygen atoms in total. The number of carbonyl (C=O) groups excluding carboxylic acids is 1. The number of aromatic nitrogens is 1. The Balaban J connectivity index is 1.80. The SMILES string of the molecule is CCN=C1S/C(=C/c2c(C)n(Cc3ccc(Cl)cc3)c3ccccc23)C(=O)N1CC. The number of carbonyl (C=O) groups is 1. The Morgan fingerprint density at radius 3 is 2.53 bits per heavy atom. The second kappa shape index (κ2) is 8.70. The van der Waals surface area contributed by atoms with Crippen molar-refractivity contribution in [1.29, 1.82) is 0 Å². The number of aliphatic imine (C=N–C) groups is 1. The maximum Gasteiger partial charge on any atom is 0.266 e. The van der Waals surface area contributed by atoms with Crippen LogP contribution in [0.3, 0.4) is 0 Å². The third-order valence-corrected chi connectivity index (χ3v) is 6.60. The molecule has 30 heavy (non-hydrogen) atoms. The van der Waals surface area contributed by atoms with Gasteiger partial charge in [0.2, 0.25) is 0 Å². The van der Waals surface area contributed by atoms with Crippen LogP contribution in [-0.2, 0) is 11.3 Å². The molecule has 1 aromatic heterocycles. The Morgan fingerprint density at radius 2 is 1.83 bits per heavy atom. The molecule has 0 saturated carbocycles. The Labute approximate surface area is 186 Å². The summed E-state index contributed by atoms with van der Waals surface area (Å²) in [6.07, 6.45) is 2.03. The number of hydrogen-bond donors (Lipinski definition) is 0. The van der Waals surface area contributed by atoms with Gasteiger partial charge in [-0.1, -0.05) is 41.9 Å². The van der Waals surface area contributed by atoms with Crippen molar-refractivity contribution in [3.8, 4) is 0 Å². The number of nitrogens with zero attached hydrogens (tertiary/aromatic N) is 3. The second-order valence-electron chi connectivity index (χ2n) is 7.15. The van der Waals surface area contributed by atoms with Gasteiger partial charge in [-0.2, -0.15) is 0 Å². The zero-order chi connectivity index (χ0) is 21.3. The number of fused-ring (bicyclic) bond motifs is 1. The lowest BCUT2D eigenvalue weighted by atomic mass is 10.1. The zero-order valence-electron chi connectivity index (χ0n) is 17.4. The second-order valence-corrected chi connectivity index (χ2v) is 8.59. The van der Waals surface area contributed by atoms with Crippen LogP contribution in [-0.4, -0.2) is 33.6 Å². The van der Waals surface area contributed by atoms with Gasteiger partial charge in [0.15, 0.2) is 5.17 Å². The minimum atomic E-state index is 0.0311. The van der Waals surface area contributed by atoms with E-state index in [1.807, 2.05) is 38.1 Å². The Morgan fingerprint density at radius 1 is 1.10 bits per heavy atom. The zero-order valence-corrected chi connectivity index (χ0v) is 18.9. The number of benzene rings is 2. The number of likely N-dealkylation sites (N-methyl/N-ethyl adjacent to an activating group) is 1. The topological polar surface area (TPSA) is 37.6 Å². The van der Waals surface area contributed by atoms with E-state index in [1.165, 1.54) is 17.3 Å². The highest BCUT2D eigenvalue weighted by atomic mass is 35.5. The van der Waals surface area contributed by atoms with Crippen molar-refractivity contribution in [1.82, 2.24) is 9.47 Å². The molecule has 4 rings (SSSR count). The molecule has 1 amide bonds. The van der Waals surface area contributed by atoms with Crippen molar-refractivity contribution in [3.63, 3.8) is 0 Å². The fourth-order valence-corrected chi connectivity index (χ4v) is 5.00. The van der Waals surface area contributed by atoms with Gasteiger partial charge in [-0.3, -0.25) is 14.7 Å². The standard InChI is InChI=1S/C24H24ClN3OS/c1-4-26-24-27(5-2)23(29)22(30-24)14-20-16(3)28(21-9-7-6-8-19(20)21)15-17-10-12-18(25)13-11-17/h6-14H,4-5,15H2,1-3H3/b22-14+,26-24?. The first-order valence-electron chi connectivity index (χ1n) is 10.1. The van der Waals surface area contributed by atoms with Gasteiger partial charge in [-0.25, -0.2) is 0 Å². The molecular weight excluding hydrogens is 414 g/mol. The Kier molecular flexibility index (Phi) is 6.02. The maximum absolute atomic E-state index is 12.9. The Hall–Kier alpha value is -2.50. The van der Waals surface area contributed by atoms with Crippen molar-refractivity contribution in [2.24, 2.45) is 4.99 Å². The molecule has 1 aliphatic rings. The quantitative estimate of drug-likeness (QED) is 0.461. The molecule has 0 unspecified atom stereocenters. The van der Waals surface area contributed by atoms with E-state index in [1.54, 1.807) is 4.90 Å². The molecule has 0 bridgehead atoms. The Bertz CT molecular complexity index is 1160. The lowest BCUT2D eigenvalue weighted by Crippen LogP contribution is -2.28. The summed E-state index contributed by atoms with van der Waals surface area (Å²) in [7, 11) is 0. The molecule has 2 aromatic carbocycles. The highest BCUT2D eigenvalue weighted by molar-refractivity contribution is 8.18. The summed E-state index contributed by atoms with van der Waals surface area (Å²) >= 11 is 7.52. The number of halogens is 1. The third kappa shape index (κ3) is 3.80. The predicted octanol–water partition coefficient (Wildman–Crippen LogP) is 5.96. The fourth-order valence-electron chi connectivity index (χ4n) is 3.79. The largest absolute Gasteiger partial charge is 0.340 e. The summed E-state index contributed by atoms with van der Waals surface area (Å²) in [6, 6.07) is 16.3. The van der Waals surface area contributed by atoms with Gasteiger partial charge in [0.1, 0.15) is 0 Å². The van der Waals surface area contributed by atoms with Gasteiger partial charge < -0.3 is 4.57 Å². The summed E-state index contributed by atoms with van der Waals surface area (Å²) in [5, 5.41) is 2.67. The van der Waals surface area contributed by atoms with Gasteiger partial charge >= 0.3 is 0 Å². The van der Waals surface area contributed by atoms with E-state index in [2.05, 4.69) is 46.8 Å². The summed E-state index contributed by atoms with van der Waals surface area (Å²) in [5.41, 5.74) is 4.56. The minimum absolute atomic E-state index is 0.0311. The van der Waals surface area contributed by atoms with Crippen molar-refractivity contribution < 1.29 is 4.79 Å². The highest BCUT2D eigenvalue weighted by Gasteiger charge is 2.32. The summed E-state index contributed by atoms with van der Waals surface area (Å²) in [5.74, 6) is 0.0311. The molecule has 0 atom stereocenters. The summed E-state index contributed by atoms with van der Waals surface area (Å²) in [4.78, 5) is 19.9. The molecule has 2 heterocycles. The van der Waals surface area contributed by atoms with Crippen molar-refractivity contribution in [2.45, 2.75) is 27.3 Å². The van der Waals surface area contributed by atoms with E-state index in [9.17, 15) is 4.79 Å². The number of amides is 1. The molecule has 0 aliphatic carbocycles. The van der Waals surface area contributed by atoms with Crippen LogP contribution in [0.4, 0.5) is 0 Å². The van der Waals surface area contributed by atoms with Gasteiger partial charge in [0, 0.05) is 46.8 Å². The van der Waals surface area contributed by atoms with E-state index >= 15 is 0 Å². The minimum Gasteiger partial charge on any atom is -0.340 e. The van der Waals surface area contributed by atoms with Crippen molar-refractivity contribution >= 4 is 51.4 Å². The summed E-state index contributed by atoms with van der Waals surface area (Å²) < 4.78 is 2.30. The van der Waals surface area contributed by atoms with Gasteiger partial charge in [-0.05, 0) is 62.4 Å². The van der Waals surface area contributed by atoms with E-state index in [0.717, 1.165) is 43.8 Å². The first-order chi connectivity index (χ1) is 14.5. The molecule has 154 valence electrons. The number of rotatable bonds is 5. The fraction of sp³-hybridized carbons (Fsp3) is 0.250. The van der Waals surface area contributed by atoms with Gasteiger partial charge in [0.25, 0.3) is 5.91 Å². The van der Waals surface area contributed by atoms with Crippen LogP contribution in [0.2, 0.25) is 5.02 Å². The average molecular weight is 438 g/mol. The number of amidine groups is 1. The molecule has 1 fully saturated rings. The molecule has 0 N–H and O–H groups in total. The van der Waals surface area contributed by atoms with Crippen LogP contribution in [0, 0.1) is 6.92 Å². The molecule has 0 spiro atoms. The van der Waals surface area contributed by atoms with E-state index in [0.29, 0.717) is 13.1 Å². The van der Waals surface area contributed by atoms with E-state index in [4.69, 9.17) is 11.6 Å². The molecule has 6 heteroatoms. The van der Waals surface area contributed by atoms with Crippen LogP contribution < -0.4 is 0 Å². The van der Waals surface area contributed by atoms with Crippen LogP contribution in [0.15, 0.2) is 58.4 Å². The lowest BCUT2D eigenvalue weighted by molar-refractivity contribution is -0.122. The van der Waals surface area contributed by atoms with Crippen LogP contribution in [0.5, 0.6) is 0 Å². The van der Waals surface area contributed by atoms with Crippen molar-refractivity contribution in [3.05, 3.63) is 75.3 Å². The number of hydrogen-bond acceptors (Lipinski definition) is 3. The highest BCUT2D eigenvalue weighted by Crippen LogP contribution is 2.36. The molecular formula is C24H24ClN3OS. The monoisotopic (exact) mass is 437 g/mol. The van der Waals surface area contributed by atoms with Crippen molar-refractivity contribution in [2.75, 3.05) is 13.1 Å². The maximum atomic E-state index is 12.9. The number of para-hydroxylation sites is 1. The third-order valence-electron chi connectivity index (χ3n) is 5.31. The number of thioether (sulfide) groups is 1. The van der Waals surface area contributed by atoms with Crippen LogP contribution in [0.1, 0.15) is 30.7 Å². The molecule has 1 aliphatic heterocycles. The molecule has 1 saturated heterocycles. The van der Waals surface area contributed by atoms with E-state index in [-0.39, 0.29) is 5.91 Å². The predicted molar refractivity (Wildman–Crippen MR) is 128 cm³/mol. The van der Waals surface area contributed by atoms with Crippen LogP contribution >= 0.6 is 23.4 Å². The molecule has 3 aromatic rings. The lowest BCUT2D eigenvalue weighted by Gasteiger charge is -2.11. The van der Waals surface area contributed by atoms with E-state index < -0.39 is 0 Å². The molecule has 0 radical (unpaired) electrons. The smallest absolute Gasteiger partial charge is 0.266 e. The normalized spacial score (nSPS) is 17.1. The van der Waals surface area contributed by atoms with Gasteiger partial charge in [0.05, 0.1) is 4.91 Å².